The molecule has 5 atom stereocenters. The summed E-state index contributed by atoms with van der Waals surface area (Å²) in [6.45, 7) is 3.62. The van der Waals surface area contributed by atoms with Gasteiger partial charge in [-0.15, -0.1) is 10.2 Å². The Balaban J connectivity index is 1.63. The first-order chi connectivity index (χ1) is 15.7. The minimum atomic E-state index is -1.57. The first-order valence-corrected chi connectivity index (χ1v) is 11.7. The molecular formula is C22H19Cl2F3N2O3S. The molecule has 176 valence electrons. The van der Waals surface area contributed by atoms with Crippen LogP contribution in [0.25, 0.3) is 11.5 Å². The van der Waals surface area contributed by atoms with Crippen LogP contribution in [0.1, 0.15) is 25.7 Å². The number of aromatic nitrogens is 2. The second-order valence-electron chi connectivity index (χ2n) is 7.86. The molecule has 0 aliphatic carbocycles. The van der Waals surface area contributed by atoms with Crippen molar-refractivity contribution in [1.29, 1.82) is 0 Å². The number of rotatable bonds is 5. The number of hydrogen-bond donors (Lipinski definition) is 1. The highest BCUT2D eigenvalue weighted by atomic mass is 35.5. The number of aliphatic hydroxyl groups is 1. The van der Waals surface area contributed by atoms with Gasteiger partial charge in [0.05, 0.1) is 22.8 Å². The van der Waals surface area contributed by atoms with Crippen LogP contribution in [0, 0.1) is 29.3 Å². The van der Waals surface area contributed by atoms with Crippen molar-refractivity contribution in [3.05, 3.63) is 63.7 Å². The minimum absolute atomic E-state index is 0.0713. The van der Waals surface area contributed by atoms with Gasteiger partial charge in [-0.1, -0.05) is 48.8 Å². The molecule has 0 saturated carbocycles. The molecular weight excluding hydrogens is 500 g/mol. The summed E-state index contributed by atoms with van der Waals surface area (Å²) < 4.78 is 52.5. The quantitative estimate of drug-likeness (QED) is 0.398. The molecule has 0 radical (unpaired) electrons. The molecule has 11 heteroatoms. The van der Waals surface area contributed by atoms with Crippen molar-refractivity contribution in [2.75, 3.05) is 6.61 Å². The van der Waals surface area contributed by atoms with Gasteiger partial charge >= 0.3 is 0 Å². The van der Waals surface area contributed by atoms with Crippen molar-refractivity contribution in [2.24, 2.45) is 11.8 Å². The summed E-state index contributed by atoms with van der Waals surface area (Å²) >= 11 is 13.5. The maximum Gasteiger partial charge on any atom is 0.247 e. The number of benzene rings is 2. The average Bonchev–Trinajstić information content (AvgIpc) is 3.26. The fourth-order valence-corrected chi connectivity index (χ4v) is 5.49. The maximum atomic E-state index is 13.7. The minimum Gasteiger partial charge on any atom is -0.420 e. The molecule has 0 spiro atoms. The molecule has 1 aliphatic heterocycles. The summed E-state index contributed by atoms with van der Waals surface area (Å²) in [4.78, 5) is 0.828. The number of hydrogen-bond acceptors (Lipinski definition) is 6. The van der Waals surface area contributed by atoms with E-state index in [1.165, 1.54) is 11.8 Å². The molecule has 33 heavy (non-hydrogen) atoms. The van der Waals surface area contributed by atoms with E-state index >= 15 is 0 Å². The van der Waals surface area contributed by atoms with Crippen molar-refractivity contribution < 1.29 is 27.4 Å². The van der Waals surface area contributed by atoms with Crippen LogP contribution in [-0.4, -0.2) is 33.5 Å². The van der Waals surface area contributed by atoms with E-state index in [2.05, 4.69) is 10.2 Å². The second kappa shape index (κ2) is 9.84. The van der Waals surface area contributed by atoms with E-state index in [0.29, 0.717) is 10.0 Å². The molecule has 4 rings (SSSR count). The number of thioether (sulfide) groups is 1. The number of nitrogens with zero attached hydrogens (tertiary/aromatic N) is 2. The summed E-state index contributed by atoms with van der Waals surface area (Å²) in [7, 11) is 0. The van der Waals surface area contributed by atoms with E-state index < -0.39 is 29.0 Å². The van der Waals surface area contributed by atoms with E-state index in [4.69, 9.17) is 32.4 Å². The van der Waals surface area contributed by atoms with E-state index in [1.807, 2.05) is 19.9 Å². The highest BCUT2D eigenvalue weighted by Crippen LogP contribution is 2.47. The lowest BCUT2D eigenvalue weighted by Gasteiger charge is -2.42. The topological polar surface area (TPSA) is 68.4 Å². The molecule has 2 heterocycles. The first kappa shape index (κ1) is 24.3. The Kier molecular flexibility index (Phi) is 7.26. The summed E-state index contributed by atoms with van der Waals surface area (Å²) in [5, 5.41) is 18.7. The lowest BCUT2D eigenvalue weighted by Crippen LogP contribution is -2.44. The van der Waals surface area contributed by atoms with Crippen LogP contribution in [0.4, 0.5) is 13.2 Å². The largest absolute Gasteiger partial charge is 0.420 e. The monoisotopic (exact) mass is 518 g/mol. The molecule has 0 bridgehead atoms. The highest BCUT2D eigenvalue weighted by molar-refractivity contribution is 7.99. The smallest absolute Gasteiger partial charge is 0.247 e. The van der Waals surface area contributed by atoms with Gasteiger partial charge in [0.2, 0.25) is 11.8 Å². The van der Waals surface area contributed by atoms with E-state index in [1.54, 1.807) is 12.1 Å². The molecule has 0 amide bonds. The Morgan fingerprint density at radius 1 is 1.00 bits per heavy atom. The molecule has 1 aromatic heterocycles. The Morgan fingerprint density at radius 2 is 1.70 bits per heavy atom. The Bertz CT molecular complexity index is 1140. The van der Waals surface area contributed by atoms with Gasteiger partial charge in [0.1, 0.15) is 5.44 Å². The number of ether oxygens (including phenoxy) is 1. The van der Waals surface area contributed by atoms with Gasteiger partial charge in [0.25, 0.3) is 0 Å². The summed E-state index contributed by atoms with van der Waals surface area (Å²) in [5.41, 5.74) is -0.463. The SMILES string of the molecule is CC1C(Sc2ccc(Cl)c(Cl)c2)OC(CO)[C@H](C)[C@@H]1c1nnc(-c2cc(F)c(F)c(F)c2)o1. The zero-order valence-electron chi connectivity index (χ0n) is 17.4. The van der Waals surface area contributed by atoms with Gasteiger partial charge in [0, 0.05) is 22.3 Å². The van der Waals surface area contributed by atoms with Crippen LogP contribution >= 0.6 is 35.0 Å². The summed E-state index contributed by atoms with van der Waals surface area (Å²) in [5.74, 6) is -4.86. The highest BCUT2D eigenvalue weighted by Gasteiger charge is 2.45. The zero-order valence-corrected chi connectivity index (χ0v) is 19.8. The van der Waals surface area contributed by atoms with Crippen LogP contribution in [-0.2, 0) is 4.74 Å². The van der Waals surface area contributed by atoms with Gasteiger partial charge in [0.15, 0.2) is 17.5 Å². The summed E-state index contributed by atoms with van der Waals surface area (Å²) in [6.07, 6.45) is -0.512. The van der Waals surface area contributed by atoms with Gasteiger partial charge in [-0.2, -0.15) is 0 Å². The van der Waals surface area contributed by atoms with Gasteiger partial charge < -0.3 is 14.3 Å². The molecule has 3 aromatic rings. The number of aliphatic hydroxyl groups excluding tert-OH is 1. The van der Waals surface area contributed by atoms with Crippen LogP contribution in [0.15, 0.2) is 39.6 Å². The Labute approximate surface area is 202 Å². The van der Waals surface area contributed by atoms with Crippen molar-refractivity contribution in [1.82, 2.24) is 10.2 Å². The normalized spacial score (nSPS) is 25.4. The predicted molar refractivity (Wildman–Crippen MR) is 119 cm³/mol. The van der Waals surface area contributed by atoms with E-state index in [-0.39, 0.29) is 41.7 Å². The van der Waals surface area contributed by atoms with Crippen molar-refractivity contribution >= 4 is 35.0 Å². The molecule has 3 unspecified atom stereocenters. The van der Waals surface area contributed by atoms with Crippen molar-refractivity contribution in [3.63, 3.8) is 0 Å². The fourth-order valence-electron chi connectivity index (χ4n) is 3.94. The third-order valence-electron chi connectivity index (χ3n) is 5.74. The van der Waals surface area contributed by atoms with Crippen molar-refractivity contribution in [2.45, 2.75) is 36.2 Å². The molecule has 1 N–H and O–H groups in total. The Morgan fingerprint density at radius 3 is 2.33 bits per heavy atom. The molecule has 1 saturated heterocycles. The predicted octanol–water partition coefficient (Wildman–Crippen LogP) is 6.33. The van der Waals surface area contributed by atoms with E-state index in [0.717, 1.165) is 17.0 Å². The third kappa shape index (κ3) is 4.88. The average molecular weight is 519 g/mol. The molecule has 1 aliphatic rings. The van der Waals surface area contributed by atoms with Gasteiger partial charge in [-0.05, 0) is 36.2 Å². The van der Waals surface area contributed by atoms with Crippen LogP contribution < -0.4 is 0 Å². The van der Waals surface area contributed by atoms with Crippen LogP contribution in [0.3, 0.4) is 0 Å². The van der Waals surface area contributed by atoms with Crippen LogP contribution in [0.2, 0.25) is 10.0 Å². The maximum absolute atomic E-state index is 13.7. The fraction of sp³-hybridized carbons (Fsp3) is 0.364. The molecule has 2 aromatic carbocycles. The lowest BCUT2D eigenvalue weighted by molar-refractivity contribution is -0.102. The van der Waals surface area contributed by atoms with Crippen LogP contribution in [0.5, 0.6) is 0 Å². The van der Waals surface area contributed by atoms with Crippen molar-refractivity contribution in [3.8, 4) is 11.5 Å². The third-order valence-corrected chi connectivity index (χ3v) is 7.78. The molecule has 1 fully saturated rings. The standard InChI is InChI=1S/C22H19Cl2F3N2O3S/c1-9-17(8-30)31-22(33-12-3-4-13(23)14(24)7-12)10(2)18(9)21-29-28-20(32-21)11-5-15(25)19(27)16(26)6-11/h3-7,9-10,17-18,22,30H,8H2,1-2H3/t9-,10?,17?,18-,22?/m0/s1. The first-order valence-electron chi connectivity index (χ1n) is 10.1. The van der Waals surface area contributed by atoms with Gasteiger partial charge in [-0.25, -0.2) is 13.2 Å². The lowest BCUT2D eigenvalue weighted by atomic mass is 9.78. The molecule has 5 nitrogen and oxygen atoms in total. The number of halogens is 5. The zero-order chi connectivity index (χ0) is 23.9. The summed E-state index contributed by atoms with van der Waals surface area (Å²) in [6, 6.07) is 6.83. The Hall–Kier alpha value is -1.78. The van der Waals surface area contributed by atoms with E-state index in [9.17, 15) is 18.3 Å². The van der Waals surface area contributed by atoms with Gasteiger partial charge in [-0.3, -0.25) is 0 Å². The second-order valence-corrected chi connectivity index (χ2v) is 9.85.